The molecule has 1 N–H and O–H groups in total. The van der Waals surface area contributed by atoms with Crippen molar-refractivity contribution in [3.8, 4) is 0 Å². The lowest BCUT2D eigenvalue weighted by molar-refractivity contribution is -0.137. The quantitative estimate of drug-likeness (QED) is 0.874. The number of nitrogens with one attached hydrogen (secondary N) is 1. The van der Waals surface area contributed by atoms with Crippen LogP contribution in [0, 0.1) is 6.07 Å². The van der Waals surface area contributed by atoms with Gasteiger partial charge >= 0.3 is 6.18 Å². The number of hydrogen-bond donors (Lipinski definition) is 1. The van der Waals surface area contributed by atoms with Crippen LogP contribution in [0.3, 0.4) is 0 Å². The van der Waals surface area contributed by atoms with E-state index in [2.05, 4.69) is 11.4 Å². The molecule has 0 atom stereocenters. The number of alkyl halides is 3. The molecule has 0 spiro atoms. The molecule has 1 nitrogen and oxygen atoms in total. The highest BCUT2D eigenvalue weighted by Gasteiger charge is 2.30. The van der Waals surface area contributed by atoms with Gasteiger partial charge in [0.15, 0.2) is 0 Å². The Morgan fingerprint density at radius 2 is 1.79 bits per heavy atom. The maximum atomic E-state index is 12.5. The van der Waals surface area contributed by atoms with Crippen LogP contribution in [0.5, 0.6) is 0 Å². The van der Waals surface area contributed by atoms with Gasteiger partial charge in [0, 0.05) is 12.2 Å². The van der Waals surface area contributed by atoms with E-state index in [0.717, 1.165) is 11.8 Å². The van der Waals surface area contributed by atoms with Crippen LogP contribution < -0.4 is 5.32 Å². The minimum absolute atomic E-state index is 0.544. The molecule has 2 rings (SSSR count). The van der Waals surface area contributed by atoms with Gasteiger partial charge in [-0.1, -0.05) is 30.3 Å². The lowest BCUT2D eigenvalue weighted by Crippen LogP contribution is -2.08. The topological polar surface area (TPSA) is 12.0 Å². The van der Waals surface area contributed by atoms with E-state index in [1.54, 1.807) is 18.2 Å². The van der Waals surface area contributed by atoms with Crippen LogP contribution in [0.15, 0.2) is 48.5 Å². The first kappa shape index (κ1) is 13.5. The third kappa shape index (κ3) is 4.02. The van der Waals surface area contributed by atoms with Gasteiger partial charge in [0.2, 0.25) is 0 Å². The van der Waals surface area contributed by atoms with E-state index < -0.39 is 11.7 Å². The van der Waals surface area contributed by atoms with Crippen LogP contribution in [-0.4, -0.2) is 6.54 Å². The third-order valence-corrected chi connectivity index (χ3v) is 2.72. The molecule has 2 aromatic rings. The Balaban J connectivity index is 1.93. The summed E-state index contributed by atoms with van der Waals surface area (Å²) in [5.74, 6) is 0. The van der Waals surface area contributed by atoms with Crippen molar-refractivity contribution in [2.75, 3.05) is 11.9 Å². The summed E-state index contributed by atoms with van der Waals surface area (Å²) >= 11 is 0. The van der Waals surface area contributed by atoms with E-state index >= 15 is 0 Å². The van der Waals surface area contributed by atoms with Crippen molar-refractivity contribution in [2.24, 2.45) is 0 Å². The fraction of sp³-hybridized carbons (Fsp3) is 0.200. The smallest absolute Gasteiger partial charge is 0.385 e. The summed E-state index contributed by atoms with van der Waals surface area (Å²) in [6.45, 7) is 0.589. The predicted octanol–water partition coefficient (Wildman–Crippen LogP) is 4.16. The van der Waals surface area contributed by atoms with Crippen LogP contribution in [0.4, 0.5) is 18.9 Å². The Bertz CT molecular complexity index is 520. The van der Waals surface area contributed by atoms with Gasteiger partial charge in [0.1, 0.15) is 0 Å². The molecule has 0 saturated carbocycles. The summed E-state index contributed by atoms with van der Waals surface area (Å²) in [4.78, 5) is 0. The average molecular weight is 264 g/mol. The molecule has 0 bridgehead atoms. The van der Waals surface area contributed by atoms with Crippen molar-refractivity contribution >= 4 is 5.69 Å². The predicted molar refractivity (Wildman–Crippen MR) is 68.9 cm³/mol. The molecule has 0 amide bonds. The molecule has 1 radical (unpaired) electrons. The van der Waals surface area contributed by atoms with Crippen molar-refractivity contribution in [2.45, 2.75) is 12.6 Å². The molecule has 19 heavy (non-hydrogen) atoms. The molecule has 2 aromatic carbocycles. The zero-order chi connectivity index (χ0) is 13.7. The van der Waals surface area contributed by atoms with Crippen LogP contribution in [0.25, 0.3) is 0 Å². The van der Waals surface area contributed by atoms with Gasteiger partial charge in [0.05, 0.1) is 5.56 Å². The molecule has 0 aliphatic heterocycles. The summed E-state index contributed by atoms with van der Waals surface area (Å²) in [7, 11) is 0. The van der Waals surface area contributed by atoms with Gasteiger partial charge in [-0.15, -0.1) is 0 Å². The summed E-state index contributed by atoms with van der Waals surface area (Å²) in [5, 5.41) is 3.15. The number of hydrogen-bond acceptors (Lipinski definition) is 1. The van der Waals surface area contributed by atoms with Gasteiger partial charge in [-0.3, -0.25) is 0 Å². The van der Waals surface area contributed by atoms with E-state index in [9.17, 15) is 13.2 Å². The van der Waals surface area contributed by atoms with Crippen molar-refractivity contribution in [3.05, 3.63) is 65.7 Å². The Morgan fingerprint density at radius 1 is 1.05 bits per heavy atom. The fourth-order valence-corrected chi connectivity index (χ4v) is 1.76. The lowest BCUT2D eigenvalue weighted by atomic mass is 10.1. The van der Waals surface area contributed by atoms with Crippen LogP contribution >= 0.6 is 0 Å². The molecule has 0 fully saturated rings. The first-order valence-electron chi connectivity index (χ1n) is 5.92. The highest BCUT2D eigenvalue weighted by atomic mass is 19.4. The molecular weight excluding hydrogens is 251 g/mol. The van der Waals surface area contributed by atoms with E-state index in [1.165, 1.54) is 12.1 Å². The number of rotatable bonds is 4. The first-order valence-corrected chi connectivity index (χ1v) is 5.92. The minimum atomic E-state index is -4.28. The molecule has 0 heterocycles. The number of halogens is 3. The fourth-order valence-electron chi connectivity index (χ4n) is 1.76. The van der Waals surface area contributed by atoms with Crippen molar-refractivity contribution < 1.29 is 13.2 Å². The summed E-state index contributed by atoms with van der Waals surface area (Å²) < 4.78 is 37.6. The molecule has 0 aliphatic carbocycles. The van der Waals surface area contributed by atoms with Crippen LogP contribution in [0.2, 0.25) is 0 Å². The third-order valence-electron chi connectivity index (χ3n) is 2.72. The van der Waals surface area contributed by atoms with Gasteiger partial charge in [-0.25, -0.2) is 0 Å². The second kappa shape index (κ2) is 5.78. The maximum absolute atomic E-state index is 12.5. The maximum Gasteiger partial charge on any atom is 0.416 e. The zero-order valence-electron chi connectivity index (χ0n) is 10.2. The average Bonchev–Trinajstić information content (AvgIpc) is 2.39. The van der Waals surface area contributed by atoms with Crippen LogP contribution in [-0.2, 0) is 12.6 Å². The SMILES string of the molecule is FC(F)(F)c1cccc(CCNc2cc[c]cc2)c1. The van der Waals surface area contributed by atoms with Gasteiger partial charge in [-0.2, -0.15) is 13.2 Å². The Hall–Kier alpha value is -1.97. The van der Waals surface area contributed by atoms with Crippen molar-refractivity contribution in [1.82, 2.24) is 0 Å². The minimum Gasteiger partial charge on any atom is -0.385 e. The summed E-state index contributed by atoms with van der Waals surface area (Å²) in [6, 6.07) is 15.6. The highest BCUT2D eigenvalue weighted by Crippen LogP contribution is 2.29. The molecule has 0 aromatic heterocycles. The van der Waals surface area contributed by atoms with E-state index in [0.29, 0.717) is 18.5 Å². The molecule has 0 unspecified atom stereocenters. The largest absolute Gasteiger partial charge is 0.416 e. The molecule has 4 heteroatoms. The Morgan fingerprint density at radius 3 is 2.47 bits per heavy atom. The van der Waals surface area contributed by atoms with E-state index in [1.807, 2.05) is 12.1 Å². The van der Waals surface area contributed by atoms with Gasteiger partial charge in [0.25, 0.3) is 0 Å². The molecule has 99 valence electrons. The number of benzene rings is 2. The van der Waals surface area contributed by atoms with Gasteiger partial charge in [-0.05, 0) is 36.2 Å². The zero-order valence-corrected chi connectivity index (χ0v) is 10.2. The molecule has 0 aliphatic rings. The molecule has 0 saturated heterocycles. The first-order chi connectivity index (χ1) is 9.05. The Labute approximate surface area is 110 Å². The molecular formula is C15H13F3N. The van der Waals surface area contributed by atoms with E-state index in [-0.39, 0.29) is 0 Å². The monoisotopic (exact) mass is 264 g/mol. The summed E-state index contributed by atoms with van der Waals surface area (Å²) in [6.07, 6.45) is -3.73. The lowest BCUT2D eigenvalue weighted by Gasteiger charge is -2.09. The second-order valence-electron chi connectivity index (χ2n) is 4.16. The van der Waals surface area contributed by atoms with Crippen molar-refractivity contribution in [3.63, 3.8) is 0 Å². The highest BCUT2D eigenvalue weighted by molar-refractivity contribution is 5.42. The number of anilines is 1. The van der Waals surface area contributed by atoms with Crippen LogP contribution in [0.1, 0.15) is 11.1 Å². The van der Waals surface area contributed by atoms with E-state index in [4.69, 9.17) is 0 Å². The normalized spacial score (nSPS) is 11.3. The van der Waals surface area contributed by atoms with Gasteiger partial charge < -0.3 is 5.32 Å². The van der Waals surface area contributed by atoms with Crippen molar-refractivity contribution in [1.29, 1.82) is 0 Å². The summed E-state index contributed by atoms with van der Waals surface area (Å²) in [5.41, 5.74) is 1.01. The standard InChI is InChI=1S/C15H13F3N/c16-15(17,18)13-6-4-5-12(11-13)9-10-19-14-7-2-1-3-8-14/h2-8,11,19H,9-10H2. The second-order valence-corrected chi connectivity index (χ2v) is 4.16. The Kier molecular flexibility index (Phi) is 4.10.